The van der Waals surface area contributed by atoms with Gasteiger partial charge in [0, 0.05) is 5.57 Å². The van der Waals surface area contributed by atoms with Crippen LogP contribution in [0.5, 0.6) is 0 Å². The third kappa shape index (κ3) is 5.02. The fourth-order valence-electron chi connectivity index (χ4n) is 0.960. The summed E-state index contributed by atoms with van der Waals surface area (Å²) in [6.07, 6.45) is 3.36. The van der Waals surface area contributed by atoms with Crippen LogP contribution in [0.2, 0.25) is 19.6 Å². The summed E-state index contributed by atoms with van der Waals surface area (Å²) in [5.74, 6) is -0.0177. The Morgan fingerprint density at radius 1 is 1.36 bits per heavy atom. The van der Waals surface area contributed by atoms with E-state index in [4.69, 9.17) is 4.43 Å². The van der Waals surface area contributed by atoms with Gasteiger partial charge in [-0.1, -0.05) is 32.6 Å². The Hall–Kier alpha value is -0.833. The van der Waals surface area contributed by atoms with Crippen LogP contribution in [0.3, 0.4) is 0 Å². The van der Waals surface area contributed by atoms with Crippen LogP contribution >= 0.6 is 0 Å². The number of allylic oxidation sites excluding steroid dienone is 2. The second-order valence-electron chi connectivity index (χ2n) is 4.51. The first-order valence-electron chi connectivity index (χ1n) is 4.84. The molecular formula is C11H20O2Si. The molecule has 0 rings (SSSR count). The zero-order valence-corrected chi connectivity index (χ0v) is 10.8. The van der Waals surface area contributed by atoms with E-state index < -0.39 is 8.32 Å². The average Bonchev–Trinajstić information content (AvgIpc) is 1.95. The van der Waals surface area contributed by atoms with E-state index in [1.54, 1.807) is 12.2 Å². The smallest absolute Gasteiger partial charge is 0.320 e. The molecule has 0 aromatic rings. The lowest BCUT2D eigenvalue weighted by molar-refractivity contribution is -0.131. The fraction of sp³-hybridized carbons (Fsp3) is 0.545. The van der Waals surface area contributed by atoms with Crippen molar-refractivity contribution < 1.29 is 9.22 Å². The Bertz CT molecular complexity index is 247. The Kier molecular flexibility index (Phi) is 4.84. The van der Waals surface area contributed by atoms with E-state index in [1.165, 1.54) is 0 Å². The van der Waals surface area contributed by atoms with Crippen molar-refractivity contribution in [2.45, 2.75) is 33.5 Å². The summed E-state index contributed by atoms with van der Waals surface area (Å²) >= 11 is 0. The first kappa shape index (κ1) is 13.2. The van der Waals surface area contributed by atoms with Gasteiger partial charge in [-0.25, -0.2) is 4.79 Å². The molecule has 0 aromatic carbocycles. The maximum Gasteiger partial charge on any atom is 0.320 e. The predicted molar refractivity (Wildman–Crippen MR) is 62.6 cm³/mol. The minimum Gasteiger partial charge on any atom is -0.517 e. The van der Waals surface area contributed by atoms with E-state index in [0.717, 1.165) is 0 Å². The summed E-state index contributed by atoms with van der Waals surface area (Å²) in [5.41, 5.74) is 0.697. The Balaban J connectivity index is 4.63. The number of hydrogen-bond donors (Lipinski definition) is 0. The van der Waals surface area contributed by atoms with Crippen LogP contribution in [0.4, 0.5) is 0 Å². The highest BCUT2D eigenvalue weighted by Crippen LogP contribution is 2.15. The van der Waals surface area contributed by atoms with Crippen molar-refractivity contribution in [3.05, 3.63) is 24.3 Å². The zero-order valence-electron chi connectivity index (χ0n) is 9.76. The highest BCUT2D eigenvalue weighted by molar-refractivity contribution is 6.71. The monoisotopic (exact) mass is 212 g/mol. The van der Waals surface area contributed by atoms with Crippen molar-refractivity contribution >= 4 is 14.3 Å². The predicted octanol–water partition coefficient (Wildman–Crippen LogP) is 3.13. The molecular weight excluding hydrogens is 192 g/mol. The van der Waals surface area contributed by atoms with Gasteiger partial charge >= 0.3 is 5.97 Å². The molecule has 0 spiro atoms. The fourth-order valence-corrected chi connectivity index (χ4v) is 1.63. The molecule has 0 unspecified atom stereocenters. The second-order valence-corrected chi connectivity index (χ2v) is 8.94. The van der Waals surface area contributed by atoms with Gasteiger partial charge in [-0.3, -0.25) is 0 Å². The number of hydrogen-bond acceptors (Lipinski definition) is 2. The summed E-state index contributed by atoms with van der Waals surface area (Å²) in [5, 5.41) is 0. The Morgan fingerprint density at radius 3 is 2.14 bits per heavy atom. The molecule has 0 amide bonds. The van der Waals surface area contributed by atoms with E-state index in [-0.39, 0.29) is 11.9 Å². The molecule has 2 nitrogen and oxygen atoms in total. The van der Waals surface area contributed by atoms with Crippen molar-refractivity contribution in [1.82, 2.24) is 0 Å². The minimum absolute atomic E-state index is 0.178. The Labute approximate surface area is 87.8 Å². The molecule has 0 saturated carbocycles. The molecule has 80 valence electrons. The van der Waals surface area contributed by atoms with E-state index in [0.29, 0.717) is 5.57 Å². The molecule has 0 bridgehead atoms. The molecule has 0 aliphatic carbocycles. The van der Waals surface area contributed by atoms with E-state index in [2.05, 4.69) is 6.58 Å². The molecule has 0 aliphatic heterocycles. The number of carbonyl (C=O) groups excluding carboxylic acids is 1. The van der Waals surface area contributed by atoms with Crippen LogP contribution in [0.25, 0.3) is 0 Å². The molecule has 0 aromatic heterocycles. The maximum absolute atomic E-state index is 11.7. The van der Waals surface area contributed by atoms with Crippen LogP contribution in [0, 0.1) is 5.92 Å². The van der Waals surface area contributed by atoms with Crippen LogP contribution in [-0.4, -0.2) is 14.3 Å². The molecule has 0 N–H and O–H groups in total. The first-order valence-corrected chi connectivity index (χ1v) is 8.24. The Morgan fingerprint density at radius 2 is 1.86 bits per heavy atom. The molecule has 0 saturated heterocycles. The van der Waals surface area contributed by atoms with Gasteiger partial charge in [-0.2, -0.15) is 0 Å². The highest BCUT2D eigenvalue weighted by Gasteiger charge is 2.23. The minimum atomic E-state index is -1.78. The molecule has 0 radical (unpaired) electrons. The zero-order chi connectivity index (χ0) is 11.4. The normalized spacial score (nSPS) is 12.9. The van der Waals surface area contributed by atoms with Gasteiger partial charge in [-0.05, 0) is 25.6 Å². The quantitative estimate of drug-likeness (QED) is 0.406. The molecule has 0 fully saturated rings. The molecule has 0 aliphatic rings. The highest BCUT2D eigenvalue weighted by atomic mass is 28.4. The number of carbonyl (C=O) groups is 1. The van der Waals surface area contributed by atoms with Gasteiger partial charge in [0.2, 0.25) is 8.32 Å². The lowest BCUT2D eigenvalue weighted by atomic mass is 10.0. The molecule has 0 atom stereocenters. The largest absolute Gasteiger partial charge is 0.517 e. The topological polar surface area (TPSA) is 26.3 Å². The van der Waals surface area contributed by atoms with Crippen molar-refractivity contribution in [3.8, 4) is 0 Å². The van der Waals surface area contributed by atoms with Gasteiger partial charge in [0.25, 0.3) is 0 Å². The van der Waals surface area contributed by atoms with Gasteiger partial charge in [0.05, 0.1) is 0 Å². The summed E-state index contributed by atoms with van der Waals surface area (Å²) in [6, 6.07) is 0. The van der Waals surface area contributed by atoms with E-state index >= 15 is 0 Å². The van der Waals surface area contributed by atoms with Crippen molar-refractivity contribution in [3.63, 3.8) is 0 Å². The van der Waals surface area contributed by atoms with Crippen LogP contribution in [-0.2, 0) is 9.22 Å². The van der Waals surface area contributed by atoms with Crippen molar-refractivity contribution in [2.24, 2.45) is 5.92 Å². The lowest BCUT2D eigenvalue weighted by Gasteiger charge is -2.19. The van der Waals surface area contributed by atoms with Crippen molar-refractivity contribution in [2.75, 3.05) is 0 Å². The first-order chi connectivity index (χ1) is 6.28. The van der Waals surface area contributed by atoms with Crippen LogP contribution in [0.15, 0.2) is 24.3 Å². The van der Waals surface area contributed by atoms with Gasteiger partial charge in [0.1, 0.15) is 0 Å². The summed E-state index contributed by atoms with van der Waals surface area (Å²) in [4.78, 5) is 11.7. The van der Waals surface area contributed by atoms with Crippen LogP contribution < -0.4 is 0 Å². The molecule has 14 heavy (non-hydrogen) atoms. The van der Waals surface area contributed by atoms with Crippen LogP contribution in [0.1, 0.15) is 13.8 Å². The van der Waals surface area contributed by atoms with Gasteiger partial charge in [0.15, 0.2) is 0 Å². The van der Waals surface area contributed by atoms with Crippen molar-refractivity contribution in [1.29, 1.82) is 0 Å². The lowest BCUT2D eigenvalue weighted by Crippen LogP contribution is -2.30. The summed E-state index contributed by atoms with van der Waals surface area (Å²) in [7, 11) is -1.78. The van der Waals surface area contributed by atoms with E-state index in [1.807, 2.05) is 33.5 Å². The summed E-state index contributed by atoms with van der Waals surface area (Å²) in [6.45, 7) is 13.5. The third-order valence-electron chi connectivity index (χ3n) is 1.55. The number of rotatable bonds is 4. The third-order valence-corrected chi connectivity index (χ3v) is 2.35. The standard InChI is InChI=1S/C11H20O2Si/c1-7-8-10(9(2)3)11(12)13-14(4,5)6/h7-9H,1H2,2-6H3. The van der Waals surface area contributed by atoms with E-state index in [9.17, 15) is 4.79 Å². The molecule has 0 heterocycles. The summed E-state index contributed by atoms with van der Waals surface area (Å²) < 4.78 is 5.40. The second kappa shape index (κ2) is 5.15. The molecule has 3 heteroatoms. The maximum atomic E-state index is 11.7. The SMILES string of the molecule is C=CC=C(C(=O)O[Si](C)(C)C)C(C)C. The van der Waals surface area contributed by atoms with Gasteiger partial charge in [-0.15, -0.1) is 0 Å². The average molecular weight is 212 g/mol. The van der Waals surface area contributed by atoms with Gasteiger partial charge < -0.3 is 4.43 Å².